The van der Waals surface area contributed by atoms with E-state index in [2.05, 4.69) is 0 Å². The lowest BCUT2D eigenvalue weighted by Crippen LogP contribution is -2.30. The van der Waals surface area contributed by atoms with E-state index in [4.69, 9.17) is 14.2 Å². The molecule has 0 aromatic heterocycles. The smallest absolute Gasteiger partial charge is 0.204 e. The summed E-state index contributed by atoms with van der Waals surface area (Å²) in [6.45, 7) is 1.72. The lowest BCUT2D eigenvalue weighted by Gasteiger charge is -2.28. The molecule has 0 amide bonds. The fourth-order valence-electron chi connectivity index (χ4n) is 3.18. The van der Waals surface area contributed by atoms with Crippen molar-refractivity contribution in [3.63, 3.8) is 0 Å². The maximum atomic E-state index is 13.0. The molecule has 0 fully saturated rings. The molecule has 0 unspecified atom stereocenters. The Balaban J connectivity index is 2.00. The van der Waals surface area contributed by atoms with Gasteiger partial charge >= 0.3 is 0 Å². The fraction of sp³-hybridized carbons (Fsp3) is 0.316. The Morgan fingerprint density at radius 1 is 1.12 bits per heavy atom. The zero-order valence-corrected chi connectivity index (χ0v) is 14.7. The number of benzene rings is 2. The molecule has 0 saturated heterocycles. The first-order valence-corrected chi connectivity index (χ1v) is 8.04. The van der Waals surface area contributed by atoms with Crippen LogP contribution >= 0.6 is 0 Å². The van der Waals surface area contributed by atoms with Gasteiger partial charge in [-0.1, -0.05) is 6.07 Å². The minimum absolute atomic E-state index is 0.0689. The van der Waals surface area contributed by atoms with Gasteiger partial charge in [0.2, 0.25) is 5.75 Å². The van der Waals surface area contributed by atoms with Crippen LogP contribution in [0.15, 0.2) is 18.2 Å². The Hall–Kier alpha value is -3.09. The van der Waals surface area contributed by atoms with Gasteiger partial charge in [-0.05, 0) is 31.0 Å². The number of hydrogen-bond donors (Lipinski definition) is 3. The first-order chi connectivity index (χ1) is 12.4. The summed E-state index contributed by atoms with van der Waals surface area (Å²) >= 11 is 0. The number of phenolic OH excluding ortho intramolecular Hbond substituents is 3. The van der Waals surface area contributed by atoms with Crippen LogP contribution in [0.3, 0.4) is 0 Å². The Kier molecular flexibility index (Phi) is 4.54. The second-order valence-corrected chi connectivity index (χ2v) is 6.14. The number of fused-ring (bicyclic) bond motifs is 1. The molecule has 2 aromatic rings. The SMILES string of the molecule is COc1c(C)c(O)c2c(c1OC)OC[C@H](Cc1ccc(O)c(O)c1)C2=O. The molecule has 0 aliphatic carbocycles. The van der Waals surface area contributed by atoms with Crippen LogP contribution in [-0.2, 0) is 6.42 Å². The lowest BCUT2D eigenvalue weighted by atomic mass is 9.87. The van der Waals surface area contributed by atoms with Crippen LogP contribution in [0.1, 0.15) is 21.5 Å². The van der Waals surface area contributed by atoms with Gasteiger partial charge in [-0.25, -0.2) is 0 Å². The molecule has 3 N–H and O–H groups in total. The number of carbonyl (C=O) groups is 1. The molecule has 1 aliphatic heterocycles. The van der Waals surface area contributed by atoms with E-state index in [1.165, 1.54) is 26.4 Å². The monoisotopic (exact) mass is 360 g/mol. The quantitative estimate of drug-likeness (QED) is 0.720. The van der Waals surface area contributed by atoms with Gasteiger partial charge in [0.15, 0.2) is 28.8 Å². The molecule has 7 heteroatoms. The standard InChI is InChI=1S/C19H20O7/c1-9-15(22)14-16(23)11(6-10-4-5-12(20)13(21)7-10)8-26-18(14)19(25-3)17(9)24-2/h4-5,7,11,20-22H,6,8H2,1-3H3/t11-/m0/s1. The molecule has 138 valence electrons. The number of ketones is 1. The Labute approximate surface area is 150 Å². The summed E-state index contributed by atoms with van der Waals surface area (Å²) in [4.78, 5) is 13.0. The summed E-state index contributed by atoms with van der Waals surface area (Å²) in [6, 6.07) is 4.39. The fourth-order valence-corrected chi connectivity index (χ4v) is 3.18. The van der Waals surface area contributed by atoms with E-state index in [1.54, 1.807) is 13.0 Å². The molecule has 2 aromatic carbocycles. The van der Waals surface area contributed by atoms with Crippen molar-refractivity contribution >= 4 is 5.78 Å². The number of methoxy groups -OCH3 is 2. The van der Waals surface area contributed by atoms with Gasteiger partial charge in [-0.15, -0.1) is 0 Å². The number of carbonyl (C=O) groups excluding carboxylic acids is 1. The largest absolute Gasteiger partial charge is 0.507 e. The third-order valence-electron chi connectivity index (χ3n) is 4.55. The average molecular weight is 360 g/mol. The van der Waals surface area contributed by atoms with Crippen molar-refractivity contribution in [1.29, 1.82) is 0 Å². The number of rotatable bonds is 4. The maximum absolute atomic E-state index is 13.0. The number of ether oxygens (including phenoxy) is 3. The van der Waals surface area contributed by atoms with E-state index in [0.717, 1.165) is 0 Å². The summed E-state index contributed by atoms with van der Waals surface area (Å²) < 4.78 is 16.3. The molecule has 0 bridgehead atoms. The van der Waals surface area contributed by atoms with Crippen LogP contribution in [-0.4, -0.2) is 41.9 Å². The van der Waals surface area contributed by atoms with Gasteiger partial charge in [-0.3, -0.25) is 4.79 Å². The molecule has 3 rings (SSSR count). The van der Waals surface area contributed by atoms with Gasteiger partial charge in [0.25, 0.3) is 0 Å². The molecule has 1 atom stereocenters. The zero-order valence-electron chi connectivity index (χ0n) is 14.7. The highest BCUT2D eigenvalue weighted by molar-refractivity contribution is 6.05. The van der Waals surface area contributed by atoms with Crippen molar-refractivity contribution in [3.8, 4) is 34.5 Å². The van der Waals surface area contributed by atoms with E-state index in [-0.39, 0.29) is 46.7 Å². The highest BCUT2D eigenvalue weighted by atomic mass is 16.5. The second kappa shape index (κ2) is 6.67. The normalized spacial score (nSPS) is 16.0. The molecule has 26 heavy (non-hydrogen) atoms. The highest BCUT2D eigenvalue weighted by Gasteiger charge is 2.37. The van der Waals surface area contributed by atoms with Gasteiger partial charge in [0.1, 0.15) is 11.3 Å². The Bertz CT molecular complexity index is 873. The van der Waals surface area contributed by atoms with Gasteiger partial charge < -0.3 is 29.5 Å². The summed E-state index contributed by atoms with van der Waals surface area (Å²) in [7, 11) is 2.88. The second-order valence-electron chi connectivity index (χ2n) is 6.14. The van der Waals surface area contributed by atoms with E-state index in [1.807, 2.05) is 0 Å². The first-order valence-electron chi connectivity index (χ1n) is 8.04. The van der Waals surface area contributed by atoms with Crippen molar-refractivity contribution < 1.29 is 34.3 Å². The molecule has 1 aliphatic rings. The number of Topliss-reactive ketones (excluding diaryl/α,β-unsaturated/α-hetero) is 1. The van der Waals surface area contributed by atoms with Gasteiger partial charge in [0, 0.05) is 5.56 Å². The van der Waals surface area contributed by atoms with Crippen molar-refractivity contribution in [2.45, 2.75) is 13.3 Å². The molecule has 1 heterocycles. The van der Waals surface area contributed by atoms with Crippen LogP contribution in [0.5, 0.6) is 34.5 Å². The minimum Gasteiger partial charge on any atom is -0.507 e. The predicted octanol–water partition coefficient (Wildman–Crippen LogP) is 2.56. The number of hydrogen-bond acceptors (Lipinski definition) is 7. The van der Waals surface area contributed by atoms with E-state index < -0.39 is 5.92 Å². The molecular weight excluding hydrogens is 340 g/mol. The summed E-state index contributed by atoms with van der Waals surface area (Å²) in [5, 5.41) is 29.5. The molecule has 0 saturated carbocycles. The van der Waals surface area contributed by atoms with Crippen molar-refractivity contribution in [1.82, 2.24) is 0 Å². The first kappa shape index (κ1) is 17.7. The van der Waals surface area contributed by atoms with Crippen LogP contribution in [0.2, 0.25) is 0 Å². The highest BCUT2D eigenvalue weighted by Crippen LogP contribution is 2.50. The van der Waals surface area contributed by atoms with E-state index in [9.17, 15) is 20.1 Å². The van der Waals surface area contributed by atoms with Crippen LogP contribution in [0.25, 0.3) is 0 Å². The van der Waals surface area contributed by atoms with Crippen molar-refractivity contribution in [2.75, 3.05) is 20.8 Å². The van der Waals surface area contributed by atoms with E-state index >= 15 is 0 Å². The van der Waals surface area contributed by atoms with E-state index in [0.29, 0.717) is 23.3 Å². The summed E-state index contributed by atoms with van der Waals surface area (Å²) in [5.74, 6) is -0.740. The molecule has 0 spiro atoms. The maximum Gasteiger partial charge on any atom is 0.204 e. The van der Waals surface area contributed by atoms with Crippen molar-refractivity contribution in [3.05, 3.63) is 34.9 Å². The summed E-state index contributed by atoms with van der Waals surface area (Å²) in [6.07, 6.45) is 0.291. The third kappa shape index (κ3) is 2.75. The number of aromatic hydroxyl groups is 3. The molecule has 7 nitrogen and oxygen atoms in total. The van der Waals surface area contributed by atoms with Crippen LogP contribution in [0, 0.1) is 12.8 Å². The lowest BCUT2D eigenvalue weighted by molar-refractivity contribution is 0.0820. The molecule has 0 radical (unpaired) electrons. The minimum atomic E-state index is -0.546. The van der Waals surface area contributed by atoms with Crippen molar-refractivity contribution in [2.24, 2.45) is 5.92 Å². The Morgan fingerprint density at radius 2 is 1.81 bits per heavy atom. The predicted molar refractivity (Wildman–Crippen MR) is 92.7 cm³/mol. The third-order valence-corrected chi connectivity index (χ3v) is 4.55. The van der Waals surface area contributed by atoms with Crippen LogP contribution < -0.4 is 14.2 Å². The Morgan fingerprint density at radius 3 is 2.42 bits per heavy atom. The number of phenols is 3. The summed E-state index contributed by atoms with van der Waals surface area (Å²) in [5.41, 5.74) is 1.13. The average Bonchev–Trinajstić information content (AvgIpc) is 2.62. The topological polar surface area (TPSA) is 105 Å². The zero-order chi connectivity index (χ0) is 19.0. The van der Waals surface area contributed by atoms with Gasteiger partial charge in [-0.2, -0.15) is 0 Å². The molecular formula is C19H20O7. The van der Waals surface area contributed by atoms with Crippen LogP contribution in [0.4, 0.5) is 0 Å². The van der Waals surface area contributed by atoms with Gasteiger partial charge in [0.05, 0.1) is 26.7 Å².